The number of hydrogen-bond acceptors (Lipinski definition) is 6. The fourth-order valence-electron chi connectivity index (χ4n) is 2.32. The summed E-state index contributed by atoms with van der Waals surface area (Å²) in [5.41, 5.74) is 3.88. The fourth-order valence-corrected chi connectivity index (χ4v) is 3.26. The highest BCUT2D eigenvalue weighted by Gasteiger charge is 2.18. The molecule has 1 saturated heterocycles. The number of nitrogens with zero attached hydrogens (tertiary/aromatic N) is 3. The maximum Gasteiger partial charge on any atom is 0.254 e. The van der Waals surface area contributed by atoms with Gasteiger partial charge in [0.2, 0.25) is 0 Å². The summed E-state index contributed by atoms with van der Waals surface area (Å²) >= 11 is 3.07. The number of rotatable bonds is 4. The molecule has 22 heavy (non-hydrogen) atoms. The molecule has 1 aliphatic heterocycles. The van der Waals surface area contributed by atoms with E-state index >= 15 is 0 Å². The molecule has 5 nitrogen and oxygen atoms in total. The van der Waals surface area contributed by atoms with Gasteiger partial charge in [-0.3, -0.25) is 9.69 Å². The molecule has 2 rings (SSSR count). The highest BCUT2D eigenvalue weighted by molar-refractivity contribution is 8.38. The van der Waals surface area contributed by atoms with E-state index in [-0.39, 0.29) is 5.91 Å². The second kappa shape index (κ2) is 9.07. The number of benzene rings is 1. The third-order valence-electron chi connectivity index (χ3n) is 3.48. The van der Waals surface area contributed by atoms with Gasteiger partial charge in [-0.05, 0) is 24.6 Å². The van der Waals surface area contributed by atoms with Crippen molar-refractivity contribution < 1.29 is 4.79 Å². The first-order chi connectivity index (χ1) is 10.7. The van der Waals surface area contributed by atoms with Crippen molar-refractivity contribution in [1.82, 2.24) is 10.3 Å². The quantitative estimate of drug-likeness (QED) is 0.516. The van der Waals surface area contributed by atoms with E-state index in [9.17, 15) is 4.79 Å². The van der Waals surface area contributed by atoms with Gasteiger partial charge in [0.15, 0.2) is 0 Å². The van der Waals surface area contributed by atoms with E-state index in [1.807, 2.05) is 18.6 Å². The van der Waals surface area contributed by atoms with Gasteiger partial charge in [-0.1, -0.05) is 18.2 Å². The molecule has 0 aliphatic carbocycles. The molecule has 0 radical (unpaired) electrons. The molecule has 0 aromatic heterocycles. The number of hydrogen-bond donors (Lipinski definition) is 1. The molecule has 0 spiro atoms. The van der Waals surface area contributed by atoms with E-state index < -0.39 is 0 Å². The molecule has 0 saturated carbocycles. The van der Waals surface area contributed by atoms with Gasteiger partial charge in [0, 0.05) is 31.9 Å². The van der Waals surface area contributed by atoms with Crippen molar-refractivity contribution in [3.8, 4) is 0 Å². The van der Waals surface area contributed by atoms with Crippen molar-refractivity contribution in [2.75, 3.05) is 50.1 Å². The van der Waals surface area contributed by atoms with Crippen molar-refractivity contribution in [3.63, 3.8) is 0 Å². The zero-order valence-electron chi connectivity index (χ0n) is 13.0. The van der Waals surface area contributed by atoms with Gasteiger partial charge in [0.25, 0.3) is 5.91 Å². The summed E-state index contributed by atoms with van der Waals surface area (Å²) in [6, 6.07) is 10.4. The number of hydrazone groups is 1. The number of amides is 1. The standard InChI is InChI=1S/C15H22N4OS2/c1-21-15(22-2)17-16-14(20)12-18-8-10-19(11-9-18)13-6-4-3-5-7-13/h3-7H,8-12H2,1-2H3,(H,16,20). The first-order valence-corrected chi connectivity index (χ1v) is 9.64. The van der Waals surface area contributed by atoms with Gasteiger partial charge in [0.1, 0.15) is 4.38 Å². The van der Waals surface area contributed by atoms with Crippen LogP contribution in [-0.2, 0) is 4.79 Å². The molecular weight excluding hydrogens is 316 g/mol. The third kappa shape index (κ3) is 5.23. The highest BCUT2D eigenvalue weighted by atomic mass is 32.2. The first-order valence-electron chi connectivity index (χ1n) is 7.20. The van der Waals surface area contributed by atoms with E-state index in [0.717, 1.165) is 30.6 Å². The number of piperazine rings is 1. The Labute approximate surface area is 140 Å². The van der Waals surface area contributed by atoms with Gasteiger partial charge < -0.3 is 4.90 Å². The van der Waals surface area contributed by atoms with E-state index in [1.165, 1.54) is 29.2 Å². The van der Waals surface area contributed by atoms with Crippen molar-refractivity contribution in [1.29, 1.82) is 0 Å². The van der Waals surface area contributed by atoms with Gasteiger partial charge in [-0.25, -0.2) is 5.43 Å². The molecular formula is C15H22N4OS2. The summed E-state index contributed by atoms with van der Waals surface area (Å²) in [5.74, 6) is -0.0474. The van der Waals surface area contributed by atoms with E-state index in [0.29, 0.717) is 6.54 Å². The number of carbonyl (C=O) groups excluding carboxylic acids is 1. The molecule has 0 unspecified atom stereocenters. The van der Waals surface area contributed by atoms with Gasteiger partial charge in [-0.2, -0.15) is 5.10 Å². The van der Waals surface area contributed by atoms with Gasteiger partial charge in [-0.15, -0.1) is 23.5 Å². The van der Waals surface area contributed by atoms with Crippen molar-refractivity contribution in [2.24, 2.45) is 5.10 Å². The smallest absolute Gasteiger partial charge is 0.254 e. The number of thioether (sulfide) groups is 2. The molecule has 0 atom stereocenters. The summed E-state index contributed by atoms with van der Waals surface area (Å²) < 4.78 is 0.863. The topological polar surface area (TPSA) is 47.9 Å². The predicted molar refractivity (Wildman–Crippen MR) is 97.7 cm³/mol. The minimum absolute atomic E-state index is 0.0474. The molecule has 120 valence electrons. The normalized spacial score (nSPS) is 15.5. The lowest BCUT2D eigenvalue weighted by Gasteiger charge is -2.35. The predicted octanol–water partition coefficient (Wildman–Crippen LogP) is 1.92. The van der Waals surface area contributed by atoms with Crippen LogP contribution in [0.25, 0.3) is 0 Å². The van der Waals surface area contributed by atoms with Crippen LogP contribution in [0.1, 0.15) is 0 Å². The number of para-hydroxylation sites is 1. The molecule has 7 heteroatoms. The van der Waals surface area contributed by atoms with Crippen LogP contribution in [0.5, 0.6) is 0 Å². The summed E-state index contributed by atoms with van der Waals surface area (Å²) in [4.78, 5) is 16.4. The van der Waals surface area contributed by atoms with Crippen LogP contribution >= 0.6 is 23.5 Å². The minimum atomic E-state index is -0.0474. The Morgan fingerprint density at radius 2 is 1.77 bits per heavy atom. The molecule has 1 N–H and O–H groups in total. The maximum atomic E-state index is 11.9. The average molecular weight is 339 g/mol. The molecule has 1 aliphatic rings. The van der Waals surface area contributed by atoms with Crippen LogP contribution in [0.4, 0.5) is 5.69 Å². The largest absolute Gasteiger partial charge is 0.369 e. The SMILES string of the molecule is CSC(=NNC(=O)CN1CCN(c2ccccc2)CC1)SC. The fraction of sp³-hybridized carbons (Fsp3) is 0.467. The monoisotopic (exact) mass is 338 g/mol. The zero-order chi connectivity index (χ0) is 15.8. The second-order valence-electron chi connectivity index (χ2n) is 4.92. The van der Waals surface area contributed by atoms with E-state index in [2.05, 4.69) is 44.6 Å². The highest BCUT2D eigenvalue weighted by Crippen LogP contribution is 2.15. The molecule has 0 bridgehead atoms. The van der Waals surface area contributed by atoms with Crippen LogP contribution in [0.15, 0.2) is 35.4 Å². The van der Waals surface area contributed by atoms with E-state index in [1.54, 1.807) is 0 Å². The lowest BCUT2D eigenvalue weighted by molar-refractivity contribution is -0.122. The lowest BCUT2D eigenvalue weighted by Crippen LogP contribution is -2.49. The van der Waals surface area contributed by atoms with Crippen LogP contribution in [0.3, 0.4) is 0 Å². The average Bonchev–Trinajstić information content (AvgIpc) is 2.57. The molecule has 1 fully saturated rings. The minimum Gasteiger partial charge on any atom is -0.369 e. The van der Waals surface area contributed by atoms with E-state index in [4.69, 9.17) is 0 Å². The number of anilines is 1. The van der Waals surface area contributed by atoms with Gasteiger partial charge in [0.05, 0.1) is 6.54 Å². The maximum absolute atomic E-state index is 11.9. The van der Waals surface area contributed by atoms with Crippen LogP contribution in [-0.4, -0.2) is 60.4 Å². The third-order valence-corrected chi connectivity index (χ3v) is 5.36. The van der Waals surface area contributed by atoms with Gasteiger partial charge >= 0.3 is 0 Å². The Morgan fingerprint density at radius 3 is 2.36 bits per heavy atom. The van der Waals surface area contributed by atoms with Crippen molar-refractivity contribution in [3.05, 3.63) is 30.3 Å². The summed E-state index contributed by atoms with van der Waals surface area (Å²) in [5, 5.41) is 4.09. The summed E-state index contributed by atoms with van der Waals surface area (Å²) in [7, 11) is 0. The van der Waals surface area contributed by atoms with Crippen LogP contribution in [0.2, 0.25) is 0 Å². The van der Waals surface area contributed by atoms with Crippen molar-refractivity contribution in [2.45, 2.75) is 0 Å². The Kier molecular flexibility index (Phi) is 7.08. The lowest BCUT2D eigenvalue weighted by atomic mass is 10.2. The molecule has 1 aromatic carbocycles. The Balaban J connectivity index is 1.75. The molecule has 1 heterocycles. The van der Waals surface area contributed by atoms with Crippen molar-refractivity contribution >= 4 is 39.5 Å². The Hall–Kier alpha value is -1.18. The number of carbonyl (C=O) groups is 1. The summed E-state index contributed by atoms with van der Waals surface area (Å²) in [6.07, 6.45) is 3.90. The van der Waals surface area contributed by atoms with Crippen LogP contribution in [0, 0.1) is 0 Å². The van der Waals surface area contributed by atoms with Crippen LogP contribution < -0.4 is 10.3 Å². The molecule has 1 amide bonds. The summed E-state index contributed by atoms with van der Waals surface area (Å²) in [6.45, 7) is 4.08. The zero-order valence-corrected chi connectivity index (χ0v) is 14.6. The number of nitrogens with one attached hydrogen (secondary N) is 1. The second-order valence-corrected chi connectivity index (χ2v) is 6.77. The Morgan fingerprint density at radius 1 is 1.14 bits per heavy atom. The Bertz CT molecular complexity index is 496. The first kappa shape index (κ1) is 17.2. The molecule has 1 aromatic rings.